The first kappa shape index (κ1) is 11.2. The van der Waals surface area contributed by atoms with E-state index in [4.69, 9.17) is 10.2 Å². The second-order valence-corrected chi connectivity index (χ2v) is 3.73. The predicted octanol–water partition coefficient (Wildman–Crippen LogP) is 1.94. The lowest BCUT2D eigenvalue weighted by molar-refractivity contribution is -0.132. The Balaban J connectivity index is 2.72. The number of rotatable bonds is 4. The van der Waals surface area contributed by atoms with Crippen molar-refractivity contribution in [2.45, 2.75) is 0 Å². The molecule has 0 radical (unpaired) electrons. The van der Waals surface area contributed by atoms with E-state index < -0.39 is 11.9 Å². The molecule has 0 unspecified atom stereocenters. The van der Waals surface area contributed by atoms with Crippen molar-refractivity contribution >= 4 is 35.4 Å². The number of carboxylic acids is 2. The molecule has 0 fully saturated rings. The fourth-order valence-corrected chi connectivity index (χ4v) is 1.67. The molecule has 4 nitrogen and oxygen atoms in total. The largest absolute Gasteiger partial charge is 0.478 e. The highest BCUT2D eigenvalue weighted by Gasteiger charge is 1.95. The monoisotopic (exact) mass is 224 g/mol. The van der Waals surface area contributed by atoms with Crippen molar-refractivity contribution in [3.63, 3.8) is 0 Å². The zero-order valence-electron chi connectivity index (χ0n) is 7.58. The number of carboxylic acid groups (broad SMARTS) is 2. The van der Waals surface area contributed by atoms with Gasteiger partial charge in [-0.05, 0) is 24.3 Å². The smallest absolute Gasteiger partial charge is 0.328 e. The molecule has 0 saturated heterocycles. The van der Waals surface area contributed by atoms with E-state index in [1.54, 1.807) is 12.1 Å². The van der Waals surface area contributed by atoms with Crippen molar-refractivity contribution in [2.75, 3.05) is 0 Å². The summed E-state index contributed by atoms with van der Waals surface area (Å²) < 4.78 is 0. The summed E-state index contributed by atoms with van der Waals surface area (Å²) in [6.45, 7) is 0. The van der Waals surface area contributed by atoms with Crippen molar-refractivity contribution < 1.29 is 19.8 Å². The van der Waals surface area contributed by atoms with Crippen LogP contribution in [-0.4, -0.2) is 22.2 Å². The number of thiophene rings is 1. The zero-order valence-corrected chi connectivity index (χ0v) is 8.40. The van der Waals surface area contributed by atoms with Gasteiger partial charge in [0.05, 0.1) is 0 Å². The van der Waals surface area contributed by atoms with Crippen LogP contribution in [-0.2, 0) is 9.59 Å². The van der Waals surface area contributed by atoms with Gasteiger partial charge in [-0.15, -0.1) is 11.3 Å². The standard InChI is InChI=1S/C10H8O4S/c11-9(12)5-3-7-1-2-8(15-7)4-6-10(13)14/h1-6H,(H,11,12)(H,13,14)/b5-3-,6-4-. The summed E-state index contributed by atoms with van der Waals surface area (Å²) in [6.07, 6.45) is 5.00. The maximum absolute atomic E-state index is 10.2. The van der Waals surface area contributed by atoms with E-state index in [1.807, 2.05) is 0 Å². The van der Waals surface area contributed by atoms with Gasteiger partial charge in [-0.1, -0.05) is 0 Å². The summed E-state index contributed by atoms with van der Waals surface area (Å²) in [5, 5.41) is 16.8. The second-order valence-electron chi connectivity index (χ2n) is 2.58. The molecular weight excluding hydrogens is 216 g/mol. The molecule has 0 aliphatic heterocycles. The molecule has 5 heteroatoms. The molecule has 0 aromatic carbocycles. The molecule has 0 aliphatic carbocycles. The average molecular weight is 224 g/mol. The summed E-state index contributed by atoms with van der Waals surface area (Å²) >= 11 is 1.32. The van der Waals surface area contributed by atoms with Crippen LogP contribution in [0.2, 0.25) is 0 Å². The first-order valence-electron chi connectivity index (χ1n) is 4.00. The Kier molecular flexibility index (Phi) is 3.82. The molecule has 0 aliphatic rings. The SMILES string of the molecule is O=C(O)/C=C\c1ccc(/C=C\C(=O)O)s1. The molecule has 1 aromatic rings. The number of aliphatic carboxylic acids is 2. The number of hydrogen-bond acceptors (Lipinski definition) is 3. The molecule has 78 valence electrons. The van der Waals surface area contributed by atoms with Crippen LogP contribution in [0.1, 0.15) is 9.75 Å². The molecule has 1 aromatic heterocycles. The van der Waals surface area contributed by atoms with Crippen LogP contribution in [0.3, 0.4) is 0 Å². The minimum absolute atomic E-state index is 0.766. The van der Waals surface area contributed by atoms with Crippen LogP contribution < -0.4 is 0 Å². The van der Waals surface area contributed by atoms with Crippen LogP contribution in [0.4, 0.5) is 0 Å². The highest BCUT2D eigenvalue weighted by atomic mass is 32.1. The lowest BCUT2D eigenvalue weighted by Crippen LogP contribution is -1.84. The van der Waals surface area contributed by atoms with Gasteiger partial charge < -0.3 is 10.2 Å². The van der Waals surface area contributed by atoms with E-state index >= 15 is 0 Å². The average Bonchev–Trinajstić information content (AvgIpc) is 2.59. The van der Waals surface area contributed by atoms with Crippen molar-refractivity contribution in [1.29, 1.82) is 0 Å². The summed E-state index contributed by atoms with van der Waals surface area (Å²) in [5.41, 5.74) is 0. The molecule has 0 spiro atoms. The molecule has 0 amide bonds. The van der Waals surface area contributed by atoms with Crippen molar-refractivity contribution in [1.82, 2.24) is 0 Å². The topological polar surface area (TPSA) is 74.6 Å². The van der Waals surface area contributed by atoms with Gasteiger partial charge in [0, 0.05) is 21.9 Å². The third kappa shape index (κ3) is 4.24. The molecule has 0 bridgehead atoms. The maximum atomic E-state index is 10.2. The third-order valence-corrected chi connectivity index (χ3v) is 2.44. The molecule has 0 saturated carbocycles. The minimum Gasteiger partial charge on any atom is -0.478 e. The van der Waals surface area contributed by atoms with E-state index in [1.165, 1.54) is 23.5 Å². The van der Waals surface area contributed by atoms with Crippen LogP contribution in [0.25, 0.3) is 12.2 Å². The summed E-state index contributed by atoms with van der Waals surface area (Å²) in [6, 6.07) is 3.46. The molecule has 0 atom stereocenters. The predicted molar refractivity (Wildman–Crippen MR) is 57.7 cm³/mol. The van der Waals surface area contributed by atoms with Gasteiger partial charge in [-0.2, -0.15) is 0 Å². The van der Waals surface area contributed by atoms with Crippen LogP contribution in [0.5, 0.6) is 0 Å². The fourth-order valence-electron chi connectivity index (χ4n) is 0.854. The first-order chi connectivity index (χ1) is 7.08. The summed E-state index contributed by atoms with van der Waals surface area (Å²) in [5.74, 6) is -2.02. The van der Waals surface area contributed by atoms with E-state index in [9.17, 15) is 9.59 Å². The zero-order chi connectivity index (χ0) is 11.3. The maximum Gasteiger partial charge on any atom is 0.328 e. The minimum atomic E-state index is -1.01. The van der Waals surface area contributed by atoms with Crippen LogP contribution in [0, 0.1) is 0 Å². The Morgan fingerprint density at radius 3 is 1.73 bits per heavy atom. The first-order valence-corrected chi connectivity index (χ1v) is 4.81. The second kappa shape index (κ2) is 5.11. The summed E-state index contributed by atoms with van der Waals surface area (Å²) in [7, 11) is 0. The lowest BCUT2D eigenvalue weighted by Gasteiger charge is -1.82. The van der Waals surface area contributed by atoms with Gasteiger partial charge in [-0.3, -0.25) is 0 Å². The highest BCUT2D eigenvalue weighted by molar-refractivity contribution is 7.13. The van der Waals surface area contributed by atoms with E-state index in [2.05, 4.69) is 0 Å². The van der Waals surface area contributed by atoms with Crippen LogP contribution >= 0.6 is 11.3 Å². The Morgan fingerprint density at radius 2 is 1.40 bits per heavy atom. The van der Waals surface area contributed by atoms with Gasteiger partial charge in [-0.25, -0.2) is 9.59 Å². The van der Waals surface area contributed by atoms with Crippen LogP contribution in [0.15, 0.2) is 24.3 Å². The molecular formula is C10H8O4S. The van der Waals surface area contributed by atoms with Crippen molar-refractivity contribution in [3.8, 4) is 0 Å². The summed E-state index contributed by atoms with van der Waals surface area (Å²) in [4.78, 5) is 22.0. The molecule has 1 heterocycles. The lowest BCUT2D eigenvalue weighted by atomic mass is 10.3. The van der Waals surface area contributed by atoms with Gasteiger partial charge in [0.15, 0.2) is 0 Å². The van der Waals surface area contributed by atoms with E-state index in [0.717, 1.165) is 21.9 Å². The fraction of sp³-hybridized carbons (Fsp3) is 0. The quantitative estimate of drug-likeness (QED) is 0.766. The number of carbonyl (C=O) groups is 2. The Labute approximate surface area is 89.8 Å². The van der Waals surface area contributed by atoms with Gasteiger partial charge in [0.25, 0.3) is 0 Å². The number of hydrogen-bond donors (Lipinski definition) is 2. The van der Waals surface area contributed by atoms with Gasteiger partial charge >= 0.3 is 11.9 Å². The van der Waals surface area contributed by atoms with Crippen molar-refractivity contribution in [2.24, 2.45) is 0 Å². The molecule has 2 N–H and O–H groups in total. The Hall–Kier alpha value is -1.88. The normalized spacial score (nSPS) is 11.2. The van der Waals surface area contributed by atoms with E-state index in [0.29, 0.717) is 0 Å². The Morgan fingerprint density at radius 1 is 1.00 bits per heavy atom. The Bertz CT molecular complexity index is 390. The highest BCUT2D eigenvalue weighted by Crippen LogP contribution is 2.19. The van der Waals surface area contributed by atoms with E-state index in [-0.39, 0.29) is 0 Å². The van der Waals surface area contributed by atoms with Gasteiger partial charge in [0.2, 0.25) is 0 Å². The van der Waals surface area contributed by atoms with Crippen molar-refractivity contribution in [3.05, 3.63) is 34.0 Å². The molecule has 15 heavy (non-hydrogen) atoms. The van der Waals surface area contributed by atoms with Gasteiger partial charge in [0.1, 0.15) is 0 Å². The molecule has 1 rings (SSSR count). The third-order valence-electron chi connectivity index (χ3n) is 1.43.